The lowest BCUT2D eigenvalue weighted by atomic mass is 9.77. The Labute approximate surface area is 121 Å². The maximum absolute atomic E-state index is 6.09. The average Bonchev–Trinajstić information content (AvgIpc) is 2.60. The van der Waals surface area contributed by atoms with Gasteiger partial charge in [-0.05, 0) is 49.6 Å². The topological polar surface area (TPSA) is 29.3 Å². The largest absolute Gasteiger partial charge is 0.329 e. The quantitative estimate of drug-likeness (QED) is 0.819. The molecule has 0 aliphatic carbocycles. The highest BCUT2D eigenvalue weighted by Gasteiger charge is 2.30. The van der Waals surface area contributed by atoms with Crippen molar-refractivity contribution in [2.45, 2.75) is 72.8 Å². The third-order valence-electron chi connectivity index (χ3n) is 5.29. The molecule has 0 radical (unpaired) electrons. The number of hydrogen-bond acceptors (Lipinski definition) is 2. The van der Waals surface area contributed by atoms with E-state index in [0.717, 1.165) is 18.4 Å². The van der Waals surface area contributed by atoms with Crippen LogP contribution < -0.4 is 5.73 Å². The number of hydrogen-bond donors (Lipinski definition) is 1. The fourth-order valence-electron chi connectivity index (χ4n) is 3.79. The van der Waals surface area contributed by atoms with Crippen LogP contribution in [0.1, 0.15) is 66.7 Å². The summed E-state index contributed by atoms with van der Waals surface area (Å²) >= 11 is 0. The van der Waals surface area contributed by atoms with Crippen molar-refractivity contribution in [1.82, 2.24) is 4.90 Å². The van der Waals surface area contributed by atoms with Crippen LogP contribution in [-0.2, 0) is 0 Å². The smallest absolute Gasteiger partial charge is 0.0246 e. The molecule has 0 bridgehead atoms. The van der Waals surface area contributed by atoms with Gasteiger partial charge in [0.15, 0.2) is 0 Å². The Morgan fingerprint density at radius 3 is 2.21 bits per heavy atom. The van der Waals surface area contributed by atoms with Crippen molar-refractivity contribution in [3.8, 4) is 0 Å². The third-order valence-corrected chi connectivity index (χ3v) is 5.29. The number of nitrogens with two attached hydrogens (primary N) is 1. The van der Waals surface area contributed by atoms with Gasteiger partial charge in [-0.15, -0.1) is 0 Å². The van der Waals surface area contributed by atoms with E-state index in [0.29, 0.717) is 11.5 Å². The zero-order valence-electron chi connectivity index (χ0n) is 13.9. The molecule has 2 atom stereocenters. The highest BCUT2D eigenvalue weighted by molar-refractivity contribution is 4.84. The number of rotatable bonds is 5. The van der Waals surface area contributed by atoms with Gasteiger partial charge in [-0.1, -0.05) is 47.5 Å². The molecule has 1 fully saturated rings. The summed E-state index contributed by atoms with van der Waals surface area (Å²) in [5, 5.41) is 0. The van der Waals surface area contributed by atoms with Gasteiger partial charge >= 0.3 is 0 Å². The Morgan fingerprint density at radius 2 is 1.74 bits per heavy atom. The van der Waals surface area contributed by atoms with Crippen molar-refractivity contribution in [1.29, 1.82) is 0 Å². The first-order chi connectivity index (χ1) is 8.93. The lowest BCUT2D eigenvalue weighted by molar-refractivity contribution is 0.137. The predicted molar refractivity (Wildman–Crippen MR) is 85.3 cm³/mol. The van der Waals surface area contributed by atoms with E-state index in [1.54, 1.807) is 0 Å². The zero-order valence-corrected chi connectivity index (χ0v) is 13.9. The molecule has 0 amide bonds. The second-order valence-corrected chi connectivity index (χ2v) is 7.41. The van der Waals surface area contributed by atoms with Gasteiger partial charge in [0.25, 0.3) is 0 Å². The van der Waals surface area contributed by atoms with Crippen molar-refractivity contribution in [3.05, 3.63) is 0 Å². The van der Waals surface area contributed by atoms with Crippen LogP contribution in [0.2, 0.25) is 0 Å². The molecule has 1 aliphatic heterocycles. The molecular weight excluding hydrogens is 232 g/mol. The van der Waals surface area contributed by atoms with Crippen molar-refractivity contribution >= 4 is 0 Å². The molecule has 1 heterocycles. The standard InChI is InChI=1S/C17H36N2/c1-6-14(7-2)16(13-18)19-11-8-9-15(10-12-19)17(3,4)5/h14-16H,6-13,18H2,1-5H3. The van der Waals surface area contributed by atoms with Crippen LogP contribution in [0.3, 0.4) is 0 Å². The molecule has 0 spiro atoms. The summed E-state index contributed by atoms with van der Waals surface area (Å²) in [6.45, 7) is 15.1. The molecule has 0 aromatic heterocycles. The van der Waals surface area contributed by atoms with Crippen molar-refractivity contribution in [3.63, 3.8) is 0 Å². The molecule has 0 aromatic rings. The van der Waals surface area contributed by atoms with E-state index in [4.69, 9.17) is 5.73 Å². The lowest BCUT2D eigenvalue weighted by Gasteiger charge is -2.35. The molecule has 2 heteroatoms. The molecule has 2 nitrogen and oxygen atoms in total. The minimum absolute atomic E-state index is 0.461. The highest BCUT2D eigenvalue weighted by atomic mass is 15.2. The zero-order chi connectivity index (χ0) is 14.5. The van der Waals surface area contributed by atoms with Gasteiger partial charge in [0.2, 0.25) is 0 Å². The first-order valence-corrected chi connectivity index (χ1v) is 8.38. The van der Waals surface area contributed by atoms with E-state index in [1.807, 2.05) is 0 Å². The molecule has 1 rings (SSSR count). The van der Waals surface area contributed by atoms with Crippen LogP contribution in [0.4, 0.5) is 0 Å². The third kappa shape index (κ3) is 4.75. The van der Waals surface area contributed by atoms with Gasteiger partial charge in [0.05, 0.1) is 0 Å². The van der Waals surface area contributed by atoms with E-state index >= 15 is 0 Å². The van der Waals surface area contributed by atoms with Crippen molar-refractivity contribution in [2.24, 2.45) is 23.0 Å². The monoisotopic (exact) mass is 268 g/mol. The van der Waals surface area contributed by atoms with Crippen molar-refractivity contribution < 1.29 is 0 Å². The summed E-state index contributed by atoms with van der Waals surface area (Å²) in [4.78, 5) is 2.70. The van der Waals surface area contributed by atoms with E-state index in [-0.39, 0.29) is 0 Å². The molecule has 1 aliphatic rings. The van der Waals surface area contributed by atoms with Gasteiger partial charge < -0.3 is 5.73 Å². The predicted octanol–water partition coefficient (Wildman–Crippen LogP) is 3.90. The maximum atomic E-state index is 6.09. The molecule has 114 valence electrons. The maximum Gasteiger partial charge on any atom is 0.0246 e. The molecule has 0 aromatic carbocycles. The minimum Gasteiger partial charge on any atom is -0.329 e. The van der Waals surface area contributed by atoms with Gasteiger partial charge in [-0.2, -0.15) is 0 Å². The molecule has 2 unspecified atom stereocenters. The Balaban J connectivity index is 2.64. The Morgan fingerprint density at radius 1 is 1.11 bits per heavy atom. The van der Waals surface area contributed by atoms with Crippen LogP contribution in [0, 0.1) is 17.3 Å². The summed E-state index contributed by atoms with van der Waals surface area (Å²) < 4.78 is 0. The van der Waals surface area contributed by atoms with Crippen LogP contribution in [0.5, 0.6) is 0 Å². The van der Waals surface area contributed by atoms with Crippen LogP contribution in [0.25, 0.3) is 0 Å². The SMILES string of the molecule is CCC(CC)C(CN)N1CCCC(C(C)(C)C)CC1. The number of nitrogens with zero attached hydrogens (tertiary/aromatic N) is 1. The first-order valence-electron chi connectivity index (χ1n) is 8.38. The summed E-state index contributed by atoms with van der Waals surface area (Å²) in [6, 6.07) is 0.605. The van der Waals surface area contributed by atoms with E-state index in [2.05, 4.69) is 39.5 Å². The molecular formula is C17H36N2. The van der Waals surface area contributed by atoms with Gasteiger partial charge in [0.1, 0.15) is 0 Å². The fraction of sp³-hybridized carbons (Fsp3) is 1.00. The summed E-state index contributed by atoms with van der Waals surface area (Å²) in [6.07, 6.45) is 6.61. The van der Waals surface area contributed by atoms with Crippen LogP contribution in [-0.4, -0.2) is 30.6 Å². The summed E-state index contributed by atoms with van der Waals surface area (Å²) in [5.41, 5.74) is 6.55. The van der Waals surface area contributed by atoms with Gasteiger partial charge in [-0.3, -0.25) is 4.90 Å². The van der Waals surface area contributed by atoms with Crippen molar-refractivity contribution in [2.75, 3.05) is 19.6 Å². The Hall–Kier alpha value is -0.0800. The average molecular weight is 268 g/mol. The molecule has 0 saturated carbocycles. The summed E-state index contributed by atoms with van der Waals surface area (Å²) in [7, 11) is 0. The van der Waals surface area contributed by atoms with Crippen LogP contribution in [0.15, 0.2) is 0 Å². The van der Waals surface area contributed by atoms with Crippen LogP contribution >= 0.6 is 0 Å². The normalized spacial score (nSPS) is 24.5. The Bertz CT molecular complexity index is 240. The van der Waals surface area contributed by atoms with E-state index in [1.165, 1.54) is 45.2 Å². The van der Waals surface area contributed by atoms with Gasteiger partial charge in [-0.25, -0.2) is 0 Å². The summed E-state index contributed by atoms with van der Waals surface area (Å²) in [5.74, 6) is 1.65. The lowest BCUT2D eigenvalue weighted by Crippen LogP contribution is -2.46. The molecule has 1 saturated heterocycles. The molecule has 19 heavy (non-hydrogen) atoms. The van der Waals surface area contributed by atoms with E-state index < -0.39 is 0 Å². The van der Waals surface area contributed by atoms with Gasteiger partial charge in [0, 0.05) is 12.6 Å². The second-order valence-electron chi connectivity index (χ2n) is 7.41. The minimum atomic E-state index is 0.461. The molecule has 2 N–H and O–H groups in total. The Kier molecular flexibility index (Phi) is 6.82. The highest BCUT2D eigenvalue weighted by Crippen LogP contribution is 2.35. The first kappa shape index (κ1) is 17.0. The van der Waals surface area contributed by atoms with E-state index in [9.17, 15) is 0 Å². The number of likely N-dealkylation sites (tertiary alicyclic amines) is 1. The second kappa shape index (κ2) is 7.64. The fourth-order valence-corrected chi connectivity index (χ4v) is 3.79.